The number of nitrogens with one attached hydrogen (secondary N) is 1. The van der Waals surface area contributed by atoms with E-state index in [0.717, 1.165) is 5.56 Å². The van der Waals surface area contributed by atoms with E-state index in [1.54, 1.807) is 19.2 Å². The highest BCUT2D eigenvalue weighted by Crippen LogP contribution is 2.29. The number of carbonyl (C=O) groups is 1. The van der Waals surface area contributed by atoms with Crippen LogP contribution in [0.15, 0.2) is 36.4 Å². The van der Waals surface area contributed by atoms with Gasteiger partial charge in [-0.25, -0.2) is 8.42 Å². The maximum atomic E-state index is 12.7. The molecule has 6 nitrogen and oxygen atoms in total. The fraction of sp³-hybridized carbons (Fsp3) is 0.278. The Morgan fingerprint density at radius 2 is 2.00 bits per heavy atom. The molecule has 138 valence electrons. The first kappa shape index (κ1) is 18.5. The number of halogens is 1. The van der Waals surface area contributed by atoms with Gasteiger partial charge in [-0.05, 0) is 49.2 Å². The third-order valence-electron chi connectivity index (χ3n) is 4.13. The minimum atomic E-state index is -3.33. The minimum Gasteiger partial charge on any atom is -0.497 e. The maximum absolute atomic E-state index is 12.7. The summed E-state index contributed by atoms with van der Waals surface area (Å²) in [4.78, 5) is 12.7. The molecule has 0 atom stereocenters. The molecule has 2 aromatic rings. The van der Waals surface area contributed by atoms with Crippen molar-refractivity contribution < 1.29 is 17.9 Å². The molecular weight excluding hydrogens is 376 g/mol. The van der Waals surface area contributed by atoms with Crippen molar-refractivity contribution in [1.29, 1.82) is 0 Å². The summed E-state index contributed by atoms with van der Waals surface area (Å²) >= 11 is 6.17. The monoisotopic (exact) mass is 394 g/mol. The van der Waals surface area contributed by atoms with Crippen LogP contribution in [0.3, 0.4) is 0 Å². The van der Waals surface area contributed by atoms with E-state index in [1.165, 1.54) is 16.4 Å². The topological polar surface area (TPSA) is 75.7 Å². The minimum absolute atomic E-state index is 0.111. The van der Waals surface area contributed by atoms with Gasteiger partial charge in [-0.1, -0.05) is 11.6 Å². The quantitative estimate of drug-likeness (QED) is 0.861. The van der Waals surface area contributed by atoms with E-state index >= 15 is 0 Å². The first-order valence-corrected chi connectivity index (χ1v) is 10.1. The van der Waals surface area contributed by atoms with Gasteiger partial charge in [0, 0.05) is 18.3 Å². The fourth-order valence-corrected chi connectivity index (χ4v) is 4.67. The van der Waals surface area contributed by atoms with E-state index in [0.29, 0.717) is 30.1 Å². The van der Waals surface area contributed by atoms with Crippen LogP contribution in [0.25, 0.3) is 0 Å². The second-order valence-electron chi connectivity index (χ2n) is 6.10. The molecule has 0 bridgehead atoms. The Kier molecular flexibility index (Phi) is 5.11. The molecule has 0 spiro atoms. The van der Waals surface area contributed by atoms with Gasteiger partial charge < -0.3 is 10.1 Å². The summed E-state index contributed by atoms with van der Waals surface area (Å²) in [7, 11) is -1.77. The lowest BCUT2D eigenvalue weighted by atomic mass is 10.1. The first-order valence-electron chi connectivity index (χ1n) is 8.07. The fourth-order valence-electron chi connectivity index (χ4n) is 2.91. The number of ether oxygens (including phenoxy) is 1. The number of hydrogen-bond donors (Lipinski definition) is 1. The van der Waals surface area contributed by atoms with E-state index in [2.05, 4.69) is 5.32 Å². The molecule has 1 fully saturated rings. The number of sulfonamides is 1. The van der Waals surface area contributed by atoms with Gasteiger partial charge in [0.05, 0.1) is 29.1 Å². The molecule has 1 aliphatic heterocycles. The number of methoxy groups -OCH3 is 1. The van der Waals surface area contributed by atoms with Crippen molar-refractivity contribution in [2.45, 2.75) is 13.3 Å². The van der Waals surface area contributed by atoms with Gasteiger partial charge in [0.1, 0.15) is 5.75 Å². The van der Waals surface area contributed by atoms with Crippen LogP contribution >= 0.6 is 11.6 Å². The van der Waals surface area contributed by atoms with Crippen molar-refractivity contribution in [3.63, 3.8) is 0 Å². The van der Waals surface area contributed by atoms with Crippen LogP contribution in [0.2, 0.25) is 5.02 Å². The van der Waals surface area contributed by atoms with Gasteiger partial charge in [0.15, 0.2) is 0 Å². The molecule has 2 aromatic carbocycles. The van der Waals surface area contributed by atoms with Crippen molar-refractivity contribution in [1.82, 2.24) is 0 Å². The molecular formula is C18H19ClN2O4S. The molecule has 8 heteroatoms. The number of amides is 1. The molecule has 0 radical (unpaired) electrons. The Morgan fingerprint density at radius 3 is 2.65 bits per heavy atom. The van der Waals surface area contributed by atoms with Gasteiger partial charge in [-0.3, -0.25) is 9.10 Å². The highest BCUT2D eigenvalue weighted by Gasteiger charge is 2.29. The van der Waals surface area contributed by atoms with Crippen molar-refractivity contribution in [3.05, 3.63) is 52.5 Å². The Bertz CT molecular complexity index is 960. The molecule has 0 aliphatic carbocycles. The second kappa shape index (κ2) is 7.17. The van der Waals surface area contributed by atoms with E-state index in [-0.39, 0.29) is 16.3 Å². The zero-order chi connectivity index (χ0) is 18.9. The summed E-state index contributed by atoms with van der Waals surface area (Å²) in [5, 5.41) is 3.03. The Morgan fingerprint density at radius 1 is 1.23 bits per heavy atom. The number of benzene rings is 2. The summed E-state index contributed by atoms with van der Waals surface area (Å²) < 4.78 is 30.7. The van der Waals surface area contributed by atoms with Gasteiger partial charge in [-0.15, -0.1) is 0 Å². The Labute approximate surface area is 157 Å². The maximum Gasteiger partial charge on any atom is 0.257 e. The molecule has 1 saturated heterocycles. The lowest BCUT2D eigenvalue weighted by Gasteiger charge is -2.18. The highest BCUT2D eigenvalue weighted by molar-refractivity contribution is 7.93. The number of hydrogen-bond acceptors (Lipinski definition) is 4. The van der Waals surface area contributed by atoms with Crippen LogP contribution in [-0.2, 0) is 10.0 Å². The lowest BCUT2D eigenvalue weighted by molar-refractivity contribution is 0.102. The Hall–Kier alpha value is -2.25. The van der Waals surface area contributed by atoms with Crippen LogP contribution in [-0.4, -0.2) is 33.7 Å². The van der Waals surface area contributed by atoms with Crippen molar-refractivity contribution >= 4 is 38.9 Å². The van der Waals surface area contributed by atoms with Crippen LogP contribution in [0.4, 0.5) is 11.4 Å². The van der Waals surface area contributed by atoms with Crippen LogP contribution in [0.5, 0.6) is 5.75 Å². The van der Waals surface area contributed by atoms with Gasteiger partial charge in [0.25, 0.3) is 5.91 Å². The predicted molar refractivity (Wildman–Crippen MR) is 103 cm³/mol. The van der Waals surface area contributed by atoms with Gasteiger partial charge >= 0.3 is 0 Å². The summed E-state index contributed by atoms with van der Waals surface area (Å²) in [6, 6.07) is 10.0. The number of rotatable bonds is 4. The molecule has 0 saturated carbocycles. The molecule has 1 N–H and O–H groups in total. The van der Waals surface area contributed by atoms with Crippen molar-refractivity contribution in [2.75, 3.05) is 29.0 Å². The van der Waals surface area contributed by atoms with Crippen molar-refractivity contribution in [3.8, 4) is 5.75 Å². The average Bonchev–Trinajstić information content (AvgIpc) is 2.94. The first-order chi connectivity index (χ1) is 12.3. The van der Waals surface area contributed by atoms with Crippen LogP contribution in [0, 0.1) is 6.92 Å². The standard InChI is InChI=1S/C18H19ClN2O4S/c1-12-8-13(10-15(9-12)25-2)20-18(22)16-11-14(4-5-17(16)19)21-6-3-7-26(21,23)24/h4-5,8-11H,3,6-7H2,1-2H3,(H,20,22). The zero-order valence-electron chi connectivity index (χ0n) is 14.5. The summed E-state index contributed by atoms with van der Waals surface area (Å²) in [5.41, 5.74) is 2.16. The number of aryl methyl sites for hydroxylation is 1. The van der Waals surface area contributed by atoms with Crippen LogP contribution < -0.4 is 14.4 Å². The second-order valence-corrected chi connectivity index (χ2v) is 8.52. The summed E-state index contributed by atoms with van der Waals surface area (Å²) in [6.07, 6.45) is 0.565. The summed E-state index contributed by atoms with van der Waals surface area (Å²) in [6.45, 7) is 2.30. The van der Waals surface area contributed by atoms with Crippen molar-refractivity contribution in [2.24, 2.45) is 0 Å². The van der Waals surface area contributed by atoms with Gasteiger partial charge in [-0.2, -0.15) is 0 Å². The summed E-state index contributed by atoms with van der Waals surface area (Å²) in [5.74, 6) is 0.324. The third-order valence-corrected chi connectivity index (χ3v) is 6.33. The SMILES string of the molecule is COc1cc(C)cc(NC(=O)c2cc(N3CCCS3(=O)=O)ccc2Cl)c1. The van der Waals surface area contributed by atoms with Crippen LogP contribution in [0.1, 0.15) is 22.3 Å². The molecule has 0 unspecified atom stereocenters. The smallest absolute Gasteiger partial charge is 0.257 e. The zero-order valence-corrected chi connectivity index (χ0v) is 16.0. The number of nitrogens with zero attached hydrogens (tertiary/aromatic N) is 1. The molecule has 1 heterocycles. The lowest BCUT2D eigenvalue weighted by Crippen LogP contribution is -2.25. The molecule has 0 aromatic heterocycles. The largest absolute Gasteiger partial charge is 0.497 e. The van der Waals surface area contributed by atoms with E-state index in [9.17, 15) is 13.2 Å². The highest BCUT2D eigenvalue weighted by atomic mass is 35.5. The van der Waals surface area contributed by atoms with E-state index in [1.807, 2.05) is 19.1 Å². The van der Waals surface area contributed by atoms with E-state index in [4.69, 9.17) is 16.3 Å². The number of carbonyl (C=O) groups excluding carboxylic acids is 1. The molecule has 26 heavy (non-hydrogen) atoms. The molecule has 1 amide bonds. The average molecular weight is 395 g/mol. The predicted octanol–water partition coefficient (Wildman–Crippen LogP) is 3.45. The molecule has 1 aliphatic rings. The number of anilines is 2. The third kappa shape index (κ3) is 3.78. The van der Waals surface area contributed by atoms with E-state index < -0.39 is 15.9 Å². The van der Waals surface area contributed by atoms with Gasteiger partial charge in [0.2, 0.25) is 10.0 Å². The molecule has 3 rings (SSSR count). The normalized spacial score (nSPS) is 15.7. The Balaban J connectivity index is 1.90.